The molecule has 0 aliphatic rings. The van der Waals surface area contributed by atoms with Gasteiger partial charge in [-0.2, -0.15) is 0 Å². The van der Waals surface area contributed by atoms with Gasteiger partial charge in [-0.15, -0.1) is 0 Å². The Kier molecular flexibility index (Phi) is 5.57. The van der Waals surface area contributed by atoms with Gasteiger partial charge in [-0.3, -0.25) is 5.32 Å². The van der Waals surface area contributed by atoms with Crippen LogP contribution in [-0.2, 0) is 16.1 Å². The Morgan fingerprint density at radius 3 is 2.52 bits per heavy atom. The van der Waals surface area contributed by atoms with E-state index in [4.69, 9.17) is 9.47 Å². The van der Waals surface area contributed by atoms with Crippen LogP contribution < -0.4 is 5.32 Å². The molecule has 0 fully saturated rings. The van der Waals surface area contributed by atoms with Crippen LogP contribution in [-0.4, -0.2) is 23.8 Å². The topological polar surface area (TPSA) is 84.9 Å². The molecule has 0 bridgehead atoms. The molecule has 6 heteroatoms. The van der Waals surface area contributed by atoms with Crippen molar-refractivity contribution in [1.82, 2.24) is 0 Å². The van der Waals surface area contributed by atoms with E-state index in [9.17, 15) is 14.7 Å². The Morgan fingerprint density at radius 1 is 1.09 bits per heavy atom. The fourth-order valence-corrected chi connectivity index (χ4v) is 1.86. The summed E-state index contributed by atoms with van der Waals surface area (Å²) >= 11 is 0. The zero-order valence-corrected chi connectivity index (χ0v) is 12.6. The summed E-state index contributed by atoms with van der Waals surface area (Å²) in [5.74, 6) is -0.877. The maximum absolute atomic E-state index is 11.8. The molecule has 23 heavy (non-hydrogen) atoms. The lowest BCUT2D eigenvalue weighted by molar-refractivity contribution is 0.0523. The molecule has 2 rings (SSSR count). The standard InChI is InChI=1S/C17H17NO5/c1-2-22-16(20)14-10-13(8-9-15(14)19)18-17(21)23-11-12-6-4-3-5-7-12/h3-10,19H,2,11H2,1H3,(H,18,21). The molecule has 0 aromatic heterocycles. The maximum atomic E-state index is 11.8. The summed E-state index contributed by atoms with van der Waals surface area (Å²) in [6, 6.07) is 13.3. The molecule has 0 saturated heterocycles. The Hall–Kier alpha value is -3.02. The number of carbonyl (C=O) groups is 2. The lowest BCUT2D eigenvalue weighted by Gasteiger charge is -2.09. The van der Waals surface area contributed by atoms with E-state index in [1.807, 2.05) is 30.3 Å². The van der Waals surface area contributed by atoms with Gasteiger partial charge < -0.3 is 14.6 Å². The highest BCUT2D eigenvalue weighted by atomic mass is 16.5. The largest absolute Gasteiger partial charge is 0.507 e. The van der Waals surface area contributed by atoms with Crippen LogP contribution in [0.5, 0.6) is 5.75 Å². The third kappa shape index (κ3) is 4.74. The van der Waals surface area contributed by atoms with Gasteiger partial charge in [0.2, 0.25) is 0 Å². The number of rotatable bonds is 5. The molecule has 0 aliphatic carbocycles. The van der Waals surface area contributed by atoms with Gasteiger partial charge in [0.15, 0.2) is 0 Å². The molecule has 2 aromatic carbocycles. The van der Waals surface area contributed by atoms with Crippen LogP contribution in [0.25, 0.3) is 0 Å². The Labute approximate surface area is 133 Å². The molecule has 1 amide bonds. The average molecular weight is 315 g/mol. The van der Waals surface area contributed by atoms with Crippen LogP contribution in [0, 0.1) is 0 Å². The van der Waals surface area contributed by atoms with Crippen molar-refractivity contribution in [1.29, 1.82) is 0 Å². The Balaban J connectivity index is 1.98. The second-order valence-electron chi connectivity index (χ2n) is 4.64. The number of hydrogen-bond acceptors (Lipinski definition) is 5. The number of hydrogen-bond donors (Lipinski definition) is 2. The molecule has 2 N–H and O–H groups in total. The summed E-state index contributed by atoms with van der Waals surface area (Å²) in [5.41, 5.74) is 1.16. The first kappa shape index (κ1) is 16.4. The van der Waals surface area contributed by atoms with Crippen LogP contribution in [0.15, 0.2) is 48.5 Å². The normalized spacial score (nSPS) is 9.96. The highest BCUT2D eigenvalue weighted by Gasteiger charge is 2.14. The van der Waals surface area contributed by atoms with Gasteiger partial charge >= 0.3 is 12.1 Å². The van der Waals surface area contributed by atoms with Gasteiger partial charge in [-0.25, -0.2) is 9.59 Å². The van der Waals surface area contributed by atoms with Crippen LogP contribution in [0.1, 0.15) is 22.8 Å². The number of phenols is 1. The van der Waals surface area contributed by atoms with Crippen molar-refractivity contribution in [2.45, 2.75) is 13.5 Å². The third-order valence-electron chi connectivity index (χ3n) is 2.95. The number of nitrogens with one attached hydrogen (secondary N) is 1. The van der Waals surface area contributed by atoms with Crippen LogP contribution in [0.3, 0.4) is 0 Å². The molecule has 0 heterocycles. The van der Waals surface area contributed by atoms with Gasteiger partial charge in [-0.1, -0.05) is 30.3 Å². The first-order chi connectivity index (χ1) is 11.1. The van der Waals surface area contributed by atoms with E-state index in [1.165, 1.54) is 18.2 Å². The van der Waals surface area contributed by atoms with Gasteiger partial charge in [0.25, 0.3) is 0 Å². The molecule has 2 aromatic rings. The number of phenolic OH excluding ortho intramolecular Hbond substituents is 1. The van der Waals surface area contributed by atoms with Crippen molar-refractivity contribution >= 4 is 17.7 Å². The van der Waals surface area contributed by atoms with E-state index in [2.05, 4.69) is 5.32 Å². The molecule has 0 radical (unpaired) electrons. The maximum Gasteiger partial charge on any atom is 0.411 e. The lowest BCUT2D eigenvalue weighted by Crippen LogP contribution is -2.14. The van der Waals surface area contributed by atoms with Gasteiger partial charge in [0.1, 0.15) is 17.9 Å². The van der Waals surface area contributed by atoms with E-state index in [-0.39, 0.29) is 24.5 Å². The third-order valence-corrected chi connectivity index (χ3v) is 2.95. The van der Waals surface area contributed by atoms with Crippen molar-refractivity contribution in [3.63, 3.8) is 0 Å². The quantitative estimate of drug-likeness (QED) is 0.653. The highest BCUT2D eigenvalue weighted by molar-refractivity contribution is 5.95. The zero-order valence-electron chi connectivity index (χ0n) is 12.6. The van der Waals surface area contributed by atoms with Gasteiger partial charge in [-0.05, 0) is 30.7 Å². The van der Waals surface area contributed by atoms with Crippen LogP contribution in [0.4, 0.5) is 10.5 Å². The summed E-state index contributed by atoms with van der Waals surface area (Å²) in [5, 5.41) is 12.2. The number of esters is 1. The van der Waals surface area contributed by atoms with E-state index >= 15 is 0 Å². The van der Waals surface area contributed by atoms with Crippen molar-refractivity contribution in [2.75, 3.05) is 11.9 Å². The number of aromatic hydroxyl groups is 1. The summed E-state index contributed by atoms with van der Waals surface area (Å²) in [6.07, 6.45) is -0.658. The molecular formula is C17H17NO5. The molecule has 0 spiro atoms. The Morgan fingerprint density at radius 2 is 1.83 bits per heavy atom. The SMILES string of the molecule is CCOC(=O)c1cc(NC(=O)OCc2ccccc2)ccc1O. The predicted octanol–water partition coefficient (Wildman–Crippen LogP) is 3.32. The summed E-state index contributed by atoms with van der Waals surface area (Å²) in [4.78, 5) is 23.5. The van der Waals surface area contributed by atoms with Crippen molar-refractivity contribution in [3.8, 4) is 5.75 Å². The minimum Gasteiger partial charge on any atom is -0.507 e. The van der Waals surface area contributed by atoms with Crippen LogP contribution in [0.2, 0.25) is 0 Å². The van der Waals surface area contributed by atoms with E-state index in [0.717, 1.165) is 5.56 Å². The second kappa shape index (κ2) is 7.84. The fourth-order valence-electron chi connectivity index (χ4n) is 1.86. The number of ether oxygens (including phenoxy) is 2. The van der Waals surface area contributed by atoms with E-state index < -0.39 is 12.1 Å². The molecule has 0 atom stereocenters. The molecule has 0 saturated carbocycles. The number of benzene rings is 2. The Bertz CT molecular complexity index is 685. The number of amides is 1. The number of carbonyl (C=O) groups excluding carboxylic acids is 2. The highest BCUT2D eigenvalue weighted by Crippen LogP contribution is 2.22. The van der Waals surface area contributed by atoms with E-state index in [0.29, 0.717) is 5.69 Å². The minimum atomic E-state index is -0.661. The average Bonchev–Trinajstić information content (AvgIpc) is 2.56. The summed E-state index contributed by atoms with van der Waals surface area (Å²) in [6.45, 7) is 1.99. The number of anilines is 1. The monoisotopic (exact) mass is 315 g/mol. The van der Waals surface area contributed by atoms with Crippen molar-refractivity contribution in [2.24, 2.45) is 0 Å². The lowest BCUT2D eigenvalue weighted by atomic mass is 10.2. The minimum absolute atomic E-state index is 0.0206. The second-order valence-corrected chi connectivity index (χ2v) is 4.64. The van der Waals surface area contributed by atoms with Gasteiger partial charge in [0, 0.05) is 5.69 Å². The first-order valence-electron chi connectivity index (χ1n) is 7.08. The summed E-state index contributed by atoms with van der Waals surface area (Å²) < 4.78 is 9.91. The molecule has 0 unspecified atom stereocenters. The summed E-state index contributed by atoms with van der Waals surface area (Å²) in [7, 11) is 0. The fraction of sp³-hybridized carbons (Fsp3) is 0.176. The van der Waals surface area contributed by atoms with Crippen LogP contribution >= 0.6 is 0 Å². The predicted molar refractivity (Wildman–Crippen MR) is 84.3 cm³/mol. The molecule has 0 aliphatic heterocycles. The zero-order chi connectivity index (χ0) is 16.7. The molecule has 120 valence electrons. The van der Waals surface area contributed by atoms with Gasteiger partial charge in [0.05, 0.1) is 6.61 Å². The van der Waals surface area contributed by atoms with Crippen molar-refractivity contribution < 1.29 is 24.2 Å². The first-order valence-corrected chi connectivity index (χ1v) is 7.08. The van der Waals surface area contributed by atoms with E-state index in [1.54, 1.807) is 6.92 Å². The smallest absolute Gasteiger partial charge is 0.411 e. The molecule has 6 nitrogen and oxygen atoms in total. The molecular weight excluding hydrogens is 298 g/mol. The van der Waals surface area contributed by atoms with Crippen molar-refractivity contribution in [3.05, 3.63) is 59.7 Å².